The summed E-state index contributed by atoms with van der Waals surface area (Å²) < 4.78 is 28.0. The first kappa shape index (κ1) is 84.6. The van der Waals surface area contributed by atoms with Crippen molar-refractivity contribution in [2.75, 3.05) is 13.2 Å². The molecule has 2 saturated heterocycles. The number of hydrogen-bond acceptors (Lipinski definition) is 23. The zero-order valence-electron chi connectivity index (χ0n) is 57.9. The molecule has 2 aromatic heterocycles. The van der Waals surface area contributed by atoms with Crippen LogP contribution in [0.2, 0.25) is 0 Å². The van der Waals surface area contributed by atoms with Crippen molar-refractivity contribution < 1.29 is 140 Å². The van der Waals surface area contributed by atoms with Crippen LogP contribution in [0.3, 0.4) is 0 Å². The number of H-pyrrole nitrogens is 2. The van der Waals surface area contributed by atoms with Crippen molar-refractivity contribution in [1.29, 1.82) is 0 Å². The van der Waals surface area contributed by atoms with E-state index < -0.39 is 250 Å². The van der Waals surface area contributed by atoms with Crippen LogP contribution in [0.4, 0.5) is 0 Å². The minimum atomic E-state index is -6.01. The van der Waals surface area contributed by atoms with Gasteiger partial charge in [-0.15, -0.1) is 0 Å². The van der Waals surface area contributed by atoms with Gasteiger partial charge in [-0.05, 0) is 61.2 Å². The van der Waals surface area contributed by atoms with Gasteiger partial charge in [-0.1, -0.05) is 61.9 Å². The summed E-state index contributed by atoms with van der Waals surface area (Å²) in [6.07, 6.45) is -9.22. The summed E-state index contributed by atoms with van der Waals surface area (Å²) >= 11 is 0. The number of phosphoric acid groups is 1. The van der Waals surface area contributed by atoms with Crippen LogP contribution in [0.5, 0.6) is 5.75 Å². The van der Waals surface area contributed by atoms with Gasteiger partial charge in [0.05, 0.1) is 38.5 Å². The van der Waals surface area contributed by atoms with Gasteiger partial charge in [0.25, 0.3) is 5.91 Å². The minimum Gasteiger partial charge on any atom is -0.508 e. The van der Waals surface area contributed by atoms with Gasteiger partial charge in [-0.25, -0.2) is 9.36 Å². The summed E-state index contributed by atoms with van der Waals surface area (Å²) in [5.74, 6) is -28.2. The molecule has 12 amide bonds. The number of nitrogens with one attached hydrogen (secondary N) is 13. The Morgan fingerprint density at radius 1 is 0.645 bits per heavy atom. The zero-order valence-corrected chi connectivity index (χ0v) is 58.8. The number of aliphatic hydroxyl groups excluding tert-OH is 1. The van der Waals surface area contributed by atoms with Crippen molar-refractivity contribution in [2.45, 2.75) is 144 Å². The number of aromatic amines is 2. The van der Waals surface area contributed by atoms with Gasteiger partial charge in [0.15, 0.2) is 12.2 Å². The molecule has 0 spiro atoms. The Hall–Kier alpha value is -12.7. The number of nitrogens with two attached hydrogens (primary N) is 1. The van der Waals surface area contributed by atoms with E-state index in [9.17, 15) is 112 Å². The molecule has 7 rings (SSSR count). The van der Waals surface area contributed by atoms with Crippen LogP contribution >= 0.6 is 7.82 Å². The Bertz CT molecular complexity index is 4460. The number of rotatable bonds is 24. The number of hydrogen-bond donors (Lipinski definition) is 22. The number of cyclic esters (lactones) is 1. The molecule has 5 aromatic rings. The van der Waals surface area contributed by atoms with Crippen LogP contribution in [0.1, 0.15) is 81.5 Å². The number of ether oxygens (including phenoxy) is 2. The molecule has 2 aliphatic rings. The monoisotopic (exact) mass is 1560 g/mol. The highest BCUT2D eigenvalue weighted by Crippen LogP contribution is 2.38. The van der Waals surface area contributed by atoms with Crippen LogP contribution < -0.4 is 64.2 Å². The van der Waals surface area contributed by atoms with E-state index in [1.165, 1.54) is 24.5 Å². The number of aliphatic carboxylic acids is 4. The lowest BCUT2D eigenvalue weighted by molar-refractivity contribution is -0.150. The number of carboxylic acid groups (broad SMARTS) is 4. The van der Waals surface area contributed by atoms with Gasteiger partial charge in [0.1, 0.15) is 71.9 Å². The van der Waals surface area contributed by atoms with Gasteiger partial charge < -0.3 is 124 Å². The molecule has 2 unspecified atom stereocenters. The maximum atomic E-state index is 15.3. The Morgan fingerprint density at radius 3 is 1.77 bits per heavy atom. The third kappa shape index (κ3) is 24.2. The molecule has 4 heterocycles. The molecular formula is C66H77N14O29P. The number of carboxylic acids is 4. The summed E-state index contributed by atoms with van der Waals surface area (Å²) in [7, 11) is -6.01. The average Bonchev–Trinajstić information content (AvgIpc) is 1.86. The SMILES string of the molecule is CCCC1OC1C(=O)N[C@@H](CO)C(=O)N[C@@H]1C(=O)N[C@H](Cc2c[nH]c3ccccc23)C(=O)N[C@@H](CC(=O)O)C(=O)N[C@@H](CC(=O)O)C(=O)N[C@H](c2ccc(O)cc2)C(=O)N[C@@H](CC(=O)O)C(=O)NCC(=O)N[C@H]([C@H](OP(=O)(O)O)C(N)=O)C(=O)N[C@@H](CCC(=O)O)C(=O)N/C(=C\c2c[nH]c3ccccc23)C(=O)O[C@@H]1C. The Balaban J connectivity index is 1.40. The fourth-order valence-electron chi connectivity index (χ4n) is 11.2. The molecule has 2 fully saturated rings. The van der Waals surface area contributed by atoms with E-state index in [0.29, 0.717) is 34.6 Å². The normalized spacial score (nSPS) is 23.6. The van der Waals surface area contributed by atoms with Gasteiger partial charge in [0, 0.05) is 52.6 Å². The summed E-state index contributed by atoms with van der Waals surface area (Å²) in [6.45, 7) is 0.0710. The fourth-order valence-corrected chi connectivity index (χ4v) is 11.7. The van der Waals surface area contributed by atoms with Gasteiger partial charge in [0.2, 0.25) is 65.0 Å². The van der Waals surface area contributed by atoms with E-state index >= 15 is 14.4 Å². The second kappa shape index (κ2) is 38.2. The van der Waals surface area contributed by atoms with E-state index in [1.807, 2.05) is 21.3 Å². The van der Waals surface area contributed by atoms with Crippen molar-refractivity contribution in [3.05, 3.63) is 108 Å². The number of para-hydroxylation sites is 2. The van der Waals surface area contributed by atoms with Crippen molar-refractivity contribution in [3.63, 3.8) is 0 Å². The molecule has 2 aliphatic heterocycles. The Kier molecular flexibility index (Phi) is 29.4. The number of phenolic OH excluding ortho intramolecular Hbond substituents is 1. The van der Waals surface area contributed by atoms with Crippen molar-refractivity contribution in [1.82, 2.24) is 68.5 Å². The van der Waals surface area contributed by atoms with Gasteiger partial charge >= 0.3 is 37.7 Å². The van der Waals surface area contributed by atoms with E-state index in [2.05, 4.69) is 46.4 Å². The number of epoxide rings is 1. The molecule has 0 aliphatic carbocycles. The third-order valence-corrected chi connectivity index (χ3v) is 17.2. The number of benzene rings is 3. The number of carbonyl (C=O) groups excluding carboxylic acids is 13. The maximum Gasteiger partial charge on any atom is 0.470 e. The van der Waals surface area contributed by atoms with Crippen LogP contribution in [-0.4, -0.2) is 237 Å². The van der Waals surface area contributed by atoms with E-state index in [4.69, 9.17) is 15.2 Å². The fraction of sp³-hybridized carbons (Fsp3) is 0.379. The van der Waals surface area contributed by atoms with Gasteiger partial charge in [-0.3, -0.25) is 81.2 Å². The predicted octanol–water partition coefficient (Wildman–Crippen LogP) is -5.34. The first-order chi connectivity index (χ1) is 51.9. The van der Waals surface area contributed by atoms with E-state index in [-0.39, 0.29) is 16.7 Å². The molecule has 3 aromatic carbocycles. The molecule has 110 heavy (non-hydrogen) atoms. The Labute approximate surface area is 619 Å². The Morgan fingerprint density at radius 2 is 1.19 bits per heavy atom. The maximum absolute atomic E-state index is 15.3. The molecule has 0 radical (unpaired) electrons. The molecule has 590 valence electrons. The summed E-state index contributed by atoms with van der Waals surface area (Å²) in [6, 6.07) is -4.55. The smallest absolute Gasteiger partial charge is 0.470 e. The lowest BCUT2D eigenvalue weighted by Crippen LogP contribution is -2.62. The van der Waals surface area contributed by atoms with Crippen LogP contribution in [0, 0.1) is 0 Å². The number of aliphatic hydroxyl groups is 1. The highest BCUT2D eigenvalue weighted by Gasteiger charge is 2.47. The predicted molar refractivity (Wildman–Crippen MR) is 370 cm³/mol. The van der Waals surface area contributed by atoms with E-state index in [1.54, 1.807) is 48.6 Å². The molecule has 43 nitrogen and oxygen atoms in total. The molecule has 13 atom stereocenters. The lowest BCUT2D eigenvalue weighted by Gasteiger charge is -2.29. The highest BCUT2D eigenvalue weighted by atomic mass is 31.2. The quantitative estimate of drug-likeness (QED) is 0.0119. The van der Waals surface area contributed by atoms with E-state index in [0.717, 1.165) is 37.3 Å². The summed E-state index contributed by atoms with van der Waals surface area (Å²) in [5, 5.41) is 84.4. The molecule has 44 heteroatoms. The molecule has 23 N–H and O–H groups in total. The topological polar surface area (TPSA) is 690 Å². The van der Waals surface area contributed by atoms with Crippen molar-refractivity contribution in [3.8, 4) is 5.75 Å². The number of phenols is 1. The third-order valence-electron chi connectivity index (χ3n) is 16.6. The molecule has 0 bridgehead atoms. The number of phosphoric ester groups is 1. The average molecular weight is 1560 g/mol. The number of amides is 12. The minimum absolute atomic E-state index is 0.0367. The largest absolute Gasteiger partial charge is 0.508 e. The van der Waals surface area contributed by atoms with Crippen LogP contribution in [-0.2, 0) is 106 Å². The van der Waals surface area contributed by atoms with Crippen molar-refractivity contribution >= 4 is 136 Å². The van der Waals surface area contributed by atoms with Crippen LogP contribution in [0.25, 0.3) is 27.9 Å². The zero-order chi connectivity index (χ0) is 81.0. The summed E-state index contributed by atoms with van der Waals surface area (Å²) in [5.41, 5.74) is 5.13. The van der Waals surface area contributed by atoms with Gasteiger partial charge in [-0.2, -0.15) is 0 Å². The first-order valence-corrected chi connectivity index (χ1v) is 34.8. The number of carbonyl (C=O) groups is 17. The number of fused-ring (bicyclic) bond motifs is 2. The molecule has 0 saturated carbocycles. The summed E-state index contributed by atoms with van der Waals surface area (Å²) in [4.78, 5) is 262. The lowest BCUT2D eigenvalue weighted by atomic mass is 10.0. The number of primary amides is 1. The van der Waals surface area contributed by atoms with Crippen molar-refractivity contribution in [2.24, 2.45) is 5.73 Å². The van der Waals surface area contributed by atoms with Crippen LogP contribution in [0.15, 0.2) is 90.9 Å². The highest BCUT2D eigenvalue weighted by molar-refractivity contribution is 7.46. The first-order valence-electron chi connectivity index (χ1n) is 33.2. The number of aromatic hydroxyl groups is 1. The number of aromatic nitrogens is 2. The standard InChI is InChI=1S/C66H77N14O29P/c1-3-8-44-53(108-44)65(102)77-43(27-81)61(98)79-50-28(2)107-66(103)42(20-31-25-69-36-12-7-5-10-34(31)36)76-57(94)37(17-18-46(84)85)71-64(101)52(54(55(67)92)109-110(104,105)106)78-45(83)26-70-56(93)39(21-47(86)87)75-63(100)51(29-13-15-32(82)16-14-29)80-60(97)41(23-49(90)91)73-59(96)40(22-48(88)89)72-58(95)38(74-62(50)99)19-30-24-68-35-11-6-4-9-33(30)35/h4-7,9-16,20,24-25,28,37-41,43-44,50-54,68-69,81-82H,3,8,17-19,21-23,26-27H2,1-2H3,(H2,67,92)(H,70,93)(H,71,101)(H,72,95)(H,73,96)(H,74,99)(H,75,100)(H,76,94)(H,77,102)(H,78,83)(H,79,98)(H,80,97)(H,84,85)(H,86,87)(H,88,89)(H,90,91)(H2,104,105,106)/b42-20-/t28-,37+,38-,39+,40+,41+,43+,44?,50+,51-,52-,53?,54+/m1/s1. The number of esters is 1. The molecular weight excluding hydrogens is 1480 g/mol. The second-order valence-corrected chi connectivity index (χ2v) is 26.1. The second-order valence-electron chi connectivity index (χ2n) is 24.9.